The first kappa shape index (κ1) is 12.0. The van der Waals surface area contributed by atoms with Crippen molar-refractivity contribution in [3.63, 3.8) is 0 Å². The number of aliphatic carboxylic acids is 1. The van der Waals surface area contributed by atoms with Gasteiger partial charge in [-0.2, -0.15) is 0 Å². The smallest absolute Gasteiger partial charge is 0.319 e. The van der Waals surface area contributed by atoms with Crippen LogP contribution < -0.4 is 5.32 Å². The van der Waals surface area contributed by atoms with Gasteiger partial charge >= 0.3 is 5.97 Å². The Bertz CT molecular complexity index is 260. The van der Waals surface area contributed by atoms with E-state index in [4.69, 9.17) is 9.84 Å². The third kappa shape index (κ3) is 2.68. The van der Waals surface area contributed by atoms with Gasteiger partial charge in [0.2, 0.25) is 5.91 Å². The Balaban J connectivity index is 2.34. The van der Waals surface area contributed by atoms with Crippen molar-refractivity contribution in [3.8, 4) is 0 Å². The fourth-order valence-corrected chi connectivity index (χ4v) is 1.41. The van der Waals surface area contributed by atoms with E-state index in [9.17, 15) is 9.59 Å². The molecule has 86 valence electrons. The zero-order valence-electron chi connectivity index (χ0n) is 9.08. The van der Waals surface area contributed by atoms with E-state index in [-0.39, 0.29) is 12.0 Å². The molecule has 0 aromatic carbocycles. The maximum Gasteiger partial charge on any atom is 0.319 e. The lowest BCUT2D eigenvalue weighted by Crippen LogP contribution is -2.40. The van der Waals surface area contributed by atoms with Gasteiger partial charge in [-0.1, -0.05) is 0 Å². The number of carboxylic acid groups (broad SMARTS) is 1. The Morgan fingerprint density at radius 2 is 2.13 bits per heavy atom. The molecule has 1 atom stereocenters. The van der Waals surface area contributed by atoms with Crippen LogP contribution in [0.2, 0.25) is 0 Å². The number of hydrogen-bond donors (Lipinski definition) is 2. The molecule has 15 heavy (non-hydrogen) atoms. The molecule has 2 N–H and O–H groups in total. The lowest BCUT2D eigenvalue weighted by Gasteiger charge is -2.15. The molecule has 0 saturated heterocycles. The Labute approximate surface area is 88.8 Å². The van der Waals surface area contributed by atoms with E-state index in [0.29, 0.717) is 26.0 Å². The van der Waals surface area contributed by atoms with Gasteiger partial charge in [0.15, 0.2) is 0 Å². The molecule has 1 aliphatic carbocycles. The average Bonchev–Trinajstić information content (AvgIpc) is 2.95. The Hall–Kier alpha value is -1.10. The molecule has 0 heterocycles. The zero-order chi connectivity index (χ0) is 11.5. The molecule has 1 saturated carbocycles. The number of carbonyl (C=O) groups is 2. The molecule has 1 aliphatic rings. The van der Waals surface area contributed by atoms with Crippen LogP contribution in [0.15, 0.2) is 0 Å². The Morgan fingerprint density at radius 3 is 2.53 bits per heavy atom. The van der Waals surface area contributed by atoms with Crippen molar-refractivity contribution in [2.24, 2.45) is 5.41 Å². The maximum atomic E-state index is 11.5. The summed E-state index contributed by atoms with van der Waals surface area (Å²) in [6.07, 6.45) is 0.803. The monoisotopic (exact) mass is 215 g/mol. The molecule has 0 radical (unpaired) electrons. The minimum absolute atomic E-state index is 0.0801. The van der Waals surface area contributed by atoms with Gasteiger partial charge in [0.1, 0.15) is 5.41 Å². The fraction of sp³-hybridized carbons (Fsp3) is 0.800. The number of hydrogen-bond acceptors (Lipinski definition) is 3. The van der Waals surface area contributed by atoms with Crippen LogP contribution in [0.3, 0.4) is 0 Å². The third-order valence-electron chi connectivity index (χ3n) is 2.60. The molecule has 5 nitrogen and oxygen atoms in total. The maximum absolute atomic E-state index is 11.5. The van der Waals surface area contributed by atoms with E-state index in [0.717, 1.165) is 0 Å². The van der Waals surface area contributed by atoms with Crippen molar-refractivity contribution in [2.45, 2.75) is 32.8 Å². The van der Waals surface area contributed by atoms with Gasteiger partial charge in [0, 0.05) is 13.2 Å². The van der Waals surface area contributed by atoms with E-state index in [1.807, 2.05) is 13.8 Å². The predicted octanol–water partition coefficient (Wildman–Crippen LogP) is 0.392. The molecule has 0 aliphatic heterocycles. The van der Waals surface area contributed by atoms with Crippen LogP contribution >= 0.6 is 0 Å². The second kappa shape index (κ2) is 4.61. The molecule has 1 fully saturated rings. The van der Waals surface area contributed by atoms with Crippen molar-refractivity contribution in [2.75, 3.05) is 13.2 Å². The molecule has 0 aromatic rings. The fourth-order valence-electron chi connectivity index (χ4n) is 1.41. The van der Waals surface area contributed by atoms with Gasteiger partial charge in [-0.25, -0.2) is 0 Å². The van der Waals surface area contributed by atoms with Crippen molar-refractivity contribution in [3.05, 3.63) is 0 Å². The van der Waals surface area contributed by atoms with Crippen LogP contribution in [0.4, 0.5) is 0 Å². The highest BCUT2D eigenvalue weighted by molar-refractivity contribution is 6.04. The molecule has 5 heteroatoms. The number of ether oxygens (including phenoxy) is 1. The van der Waals surface area contributed by atoms with Gasteiger partial charge in [0.25, 0.3) is 0 Å². The first-order valence-electron chi connectivity index (χ1n) is 5.16. The van der Waals surface area contributed by atoms with E-state index < -0.39 is 11.4 Å². The van der Waals surface area contributed by atoms with E-state index in [1.165, 1.54) is 0 Å². The summed E-state index contributed by atoms with van der Waals surface area (Å²) in [6, 6.07) is 0. The van der Waals surface area contributed by atoms with Gasteiger partial charge in [-0.3, -0.25) is 9.59 Å². The van der Waals surface area contributed by atoms with Crippen LogP contribution in [0.5, 0.6) is 0 Å². The summed E-state index contributed by atoms with van der Waals surface area (Å²) in [4.78, 5) is 22.3. The van der Waals surface area contributed by atoms with Crippen molar-refractivity contribution in [1.82, 2.24) is 5.32 Å². The predicted molar refractivity (Wildman–Crippen MR) is 53.4 cm³/mol. The number of nitrogens with one attached hydrogen (secondary N) is 1. The summed E-state index contributed by atoms with van der Waals surface area (Å²) < 4.78 is 5.22. The third-order valence-corrected chi connectivity index (χ3v) is 2.60. The van der Waals surface area contributed by atoms with Crippen molar-refractivity contribution < 1.29 is 19.4 Å². The summed E-state index contributed by atoms with van der Waals surface area (Å²) in [6.45, 7) is 4.66. The highest BCUT2D eigenvalue weighted by Gasteiger charge is 2.56. The van der Waals surface area contributed by atoms with Gasteiger partial charge < -0.3 is 15.2 Å². The highest BCUT2D eigenvalue weighted by atomic mass is 16.5. The minimum Gasteiger partial charge on any atom is -0.480 e. The summed E-state index contributed by atoms with van der Waals surface area (Å²) >= 11 is 0. The molecular formula is C10H17NO4. The number of amides is 1. The summed E-state index contributed by atoms with van der Waals surface area (Å²) in [5.74, 6) is -1.41. The van der Waals surface area contributed by atoms with Crippen LogP contribution in [-0.4, -0.2) is 36.2 Å². The van der Waals surface area contributed by atoms with Crippen molar-refractivity contribution in [1.29, 1.82) is 0 Å². The summed E-state index contributed by atoms with van der Waals surface area (Å²) in [5, 5.41) is 11.5. The average molecular weight is 215 g/mol. The second-order valence-electron chi connectivity index (χ2n) is 3.86. The normalized spacial score (nSPS) is 19.3. The van der Waals surface area contributed by atoms with Crippen LogP contribution in [0.1, 0.15) is 26.7 Å². The molecule has 0 aromatic heterocycles. The number of rotatable bonds is 6. The first-order chi connectivity index (χ1) is 7.03. The van der Waals surface area contributed by atoms with E-state index in [1.54, 1.807) is 0 Å². The second-order valence-corrected chi connectivity index (χ2v) is 3.86. The standard InChI is InChI=1S/C10H17NO4/c1-3-15-7(2)6-11-8(12)10(4-5-10)9(13)14/h7H,3-6H2,1-2H3,(H,11,12)(H,13,14). The topological polar surface area (TPSA) is 75.6 Å². The lowest BCUT2D eigenvalue weighted by atomic mass is 10.1. The molecular weight excluding hydrogens is 198 g/mol. The molecule has 0 spiro atoms. The molecule has 1 unspecified atom stereocenters. The lowest BCUT2D eigenvalue weighted by molar-refractivity contribution is -0.149. The minimum atomic E-state index is -1.15. The number of carbonyl (C=O) groups excluding carboxylic acids is 1. The quantitative estimate of drug-likeness (QED) is 0.628. The van der Waals surface area contributed by atoms with Gasteiger partial charge in [-0.05, 0) is 26.7 Å². The van der Waals surface area contributed by atoms with Crippen LogP contribution in [0.25, 0.3) is 0 Å². The van der Waals surface area contributed by atoms with E-state index >= 15 is 0 Å². The molecule has 1 amide bonds. The highest BCUT2D eigenvalue weighted by Crippen LogP contribution is 2.45. The Kier molecular flexibility index (Phi) is 3.68. The van der Waals surface area contributed by atoms with Crippen LogP contribution in [0, 0.1) is 5.41 Å². The number of carboxylic acids is 1. The summed E-state index contributed by atoms with van der Waals surface area (Å²) in [5.41, 5.74) is -1.15. The molecule has 0 bridgehead atoms. The van der Waals surface area contributed by atoms with Crippen LogP contribution in [-0.2, 0) is 14.3 Å². The van der Waals surface area contributed by atoms with Gasteiger partial charge in [-0.15, -0.1) is 0 Å². The first-order valence-corrected chi connectivity index (χ1v) is 5.16. The van der Waals surface area contributed by atoms with Gasteiger partial charge in [0.05, 0.1) is 6.10 Å². The zero-order valence-corrected chi connectivity index (χ0v) is 9.08. The SMILES string of the molecule is CCOC(C)CNC(=O)C1(C(=O)O)CC1. The Morgan fingerprint density at radius 1 is 1.53 bits per heavy atom. The largest absolute Gasteiger partial charge is 0.480 e. The van der Waals surface area contributed by atoms with Crippen molar-refractivity contribution >= 4 is 11.9 Å². The summed E-state index contributed by atoms with van der Waals surface area (Å²) in [7, 11) is 0. The van der Waals surface area contributed by atoms with E-state index in [2.05, 4.69) is 5.32 Å². The molecule has 1 rings (SSSR count).